The molecule has 2 aromatic carbocycles. The van der Waals surface area contributed by atoms with Crippen LogP contribution in [0.3, 0.4) is 0 Å². The van der Waals surface area contributed by atoms with Crippen molar-refractivity contribution in [2.75, 3.05) is 13.2 Å². The zero-order valence-corrected chi connectivity index (χ0v) is 14.1. The van der Waals surface area contributed by atoms with Gasteiger partial charge in [0.05, 0.1) is 30.3 Å². The number of urea groups is 1. The number of rotatable bonds is 3. The first-order chi connectivity index (χ1) is 12.1. The van der Waals surface area contributed by atoms with Crippen molar-refractivity contribution in [2.45, 2.75) is 25.4 Å². The standard InChI is InChI=1S/C20H21N3O2/c1-14(16-8-6-15(12-21)7-9-16)22-20(25)23-11-10-17-4-2-3-5-18(17)19(23)13-24/h2-9,14,19,24H,10-11,13H2,1H3,(H,22,25). The molecule has 0 fully saturated rings. The number of benzene rings is 2. The molecule has 3 rings (SSSR count). The smallest absolute Gasteiger partial charge is 0.318 e. The fourth-order valence-electron chi connectivity index (χ4n) is 3.29. The van der Waals surface area contributed by atoms with E-state index in [0.717, 1.165) is 17.5 Å². The van der Waals surface area contributed by atoms with Crippen molar-refractivity contribution in [2.24, 2.45) is 0 Å². The minimum atomic E-state index is -0.321. The Balaban J connectivity index is 1.73. The van der Waals surface area contributed by atoms with Crippen LogP contribution < -0.4 is 5.32 Å². The third kappa shape index (κ3) is 3.49. The second-order valence-electron chi connectivity index (χ2n) is 6.25. The molecular formula is C20H21N3O2. The zero-order chi connectivity index (χ0) is 17.8. The number of nitrogens with one attached hydrogen (secondary N) is 1. The van der Waals surface area contributed by atoms with E-state index < -0.39 is 0 Å². The highest BCUT2D eigenvalue weighted by Gasteiger charge is 2.30. The van der Waals surface area contributed by atoms with Crippen LogP contribution in [0.4, 0.5) is 4.79 Å². The van der Waals surface area contributed by atoms with Crippen molar-refractivity contribution < 1.29 is 9.90 Å². The van der Waals surface area contributed by atoms with Gasteiger partial charge in [0, 0.05) is 6.54 Å². The van der Waals surface area contributed by atoms with Crippen LogP contribution in [0.1, 0.15) is 41.3 Å². The van der Waals surface area contributed by atoms with Gasteiger partial charge in [0.25, 0.3) is 0 Å². The van der Waals surface area contributed by atoms with Crippen molar-refractivity contribution in [3.05, 3.63) is 70.8 Å². The Kier molecular flexibility index (Phi) is 5.01. The summed E-state index contributed by atoms with van der Waals surface area (Å²) in [4.78, 5) is 14.4. The molecule has 2 amide bonds. The number of amides is 2. The predicted octanol–water partition coefficient (Wildman–Crippen LogP) is 2.92. The van der Waals surface area contributed by atoms with Crippen molar-refractivity contribution in [3.8, 4) is 6.07 Å². The molecule has 25 heavy (non-hydrogen) atoms. The molecule has 5 nitrogen and oxygen atoms in total. The highest BCUT2D eigenvalue weighted by molar-refractivity contribution is 5.76. The summed E-state index contributed by atoms with van der Waals surface area (Å²) in [6.45, 7) is 2.38. The van der Waals surface area contributed by atoms with Crippen molar-refractivity contribution in [1.82, 2.24) is 10.2 Å². The van der Waals surface area contributed by atoms with Crippen molar-refractivity contribution in [1.29, 1.82) is 5.26 Å². The summed E-state index contributed by atoms with van der Waals surface area (Å²) < 4.78 is 0. The average molecular weight is 335 g/mol. The Labute approximate surface area is 147 Å². The first-order valence-electron chi connectivity index (χ1n) is 8.40. The summed E-state index contributed by atoms with van der Waals surface area (Å²) in [7, 11) is 0. The summed E-state index contributed by atoms with van der Waals surface area (Å²) in [6, 6.07) is 16.5. The molecule has 1 heterocycles. The fraction of sp³-hybridized carbons (Fsp3) is 0.300. The lowest BCUT2D eigenvalue weighted by atomic mass is 9.93. The first-order valence-corrected chi connectivity index (χ1v) is 8.40. The number of carbonyl (C=O) groups excluding carboxylic acids is 1. The lowest BCUT2D eigenvalue weighted by Gasteiger charge is -2.37. The number of aliphatic hydroxyl groups is 1. The maximum atomic E-state index is 12.7. The largest absolute Gasteiger partial charge is 0.394 e. The van der Waals surface area contributed by atoms with Gasteiger partial charge in [-0.05, 0) is 42.2 Å². The van der Waals surface area contributed by atoms with Crippen LogP contribution in [0, 0.1) is 11.3 Å². The number of nitrogens with zero attached hydrogens (tertiary/aromatic N) is 2. The van der Waals surface area contributed by atoms with Gasteiger partial charge in [-0.3, -0.25) is 0 Å². The molecule has 128 valence electrons. The molecule has 2 unspecified atom stereocenters. The van der Waals surface area contributed by atoms with Crippen LogP contribution in [0.25, 0.3) is 0 Å². The highest BCUT2D eigenvalue weighted by atomic mass is 16.3. The minimum absolute atomic E-state index is 0.102. The third-order valence-corrected chi connectivity index (χ3v) is 4.73. The Morgan fingerprint density at radius 2 is 2.04 bits per heavy atom. The number of fused-ring (bicyclic) bond motifs is 1. The van der Waals surface area contributed by atoms with E-state index in [-0.39, 0.29) is 24.7 Å². The first kappa shape index (κ1) is 17.0. The van der Waals surface area contributed by atoms with E-state index in [1.54, 1.807) is 17.0 Å². The quantitative estimate of drug-likeness (QED) is 0.905. The predicted molar refractivity (Wildman–Crippen MR) is 94.8 cm³/mol. The van der Waals surface area contributed by atoms with Gasteiger partial charge in [-0.25, -0.2) is 4.79 Å². The van der Waals surface area contributed by atoms with Gasteiger partial charge >= 0.3 is 6.03 Å². The summed E-state index contributed by atoms with van der Waals surface area (Å²) in [5.41, 5.74) is 3.73. The van der Waals surface area contributed by atoms with E-state index in [2.05, 4.69) is 11.4 Å². The van der Waals surface area contributed by atoms with Crippen LogP contribution in [-0.2, 0) is 6.42 Å². The Hall–Kier alpha value is -2.84. The molecule has 1 aliphatic rings. The van der Waals surface area contributed by atoms with E-state index in [4.69, 9.17) is 5.26 Å². The number of carbonyl (C=O) groups is 1. The Morgan fingerprint density at radius 3 is 2.72 bits per heavy atom. The number of hydrogen-bond donors (Lipinski definition) is 2. The van der Waals surface area contributed by atoms with E-state index in [0.29, 0.717) is 12.1 Å². The second-order valence-corrected chi connectivity index (χ2v) is 6.25. The fourth-order valence-corrected chi connectivity index (χ4v) is 3.29. The molecule has 2 atom stereocenters. The molecule has 0 saturated heterocycles. The molecule has 5 heteroatoms. The highest BCUT2D eigenvalue weighted by Crippen LogP contribution is 2.29. The summed E-state index contributed by atoms with van der Waals surface area (Å²) in [6.07, 6.45) is 0.783. The minimum Gasteiger partial charge on any atom is -0.394 e. The summed E-state index contributed by atoms with van der Waals surface area (Å²) in [5.74, 6) is 0. The van der Waals surface area contributed by atoms with Crippen LogP contribution in [-0.4, -0.2) is 29.2 Å². The monoisotopic (exact) mass is 335 g/mol. The van der Waals surface area contributed by atoms with Crippen LogP contribution in [0.5, 0.6) is 0 Å². The van der Waals surface area contributed by atoms with Crippen molar-refractivity contribution >= 4 is 6.03 Å². The molecule has 0 bridgehead atoms. The van der Waals surface area contributed by atoms with Gasteiger partial charge < -0.3 is 15.3 Å². The zero-order valence-electron chi connectivity index (χ0n) is 14.1. The van der Waals surface area contributed by atoms with E-state index in [9.17, 15) is 9.90 Å². The lowest BCUT2D eigenvalue weighted by molar-refractivity contribution is 0.125. The molecule has 2 N–H and O–H groups in total. The number of hydrogen-bond acceptors (Lipinski definition) is 3. The molecule has 2 aromatic rings. The van der Waals surface area contributed by atoms with Gasteiger partial charge in [0.15, 0.2) is 0 Å². The maximum Gasteiger partial charge on any atom is 0.318 e. The van der Waals surface area contributed by atoms with Crippen LogP contribution >= 0.6 is 0 Å². The Morgan fingerprint density at radius 1 is 1.32 bits per heavy atom. The van der Waals surface area contributed by atoms with Gasteiger partial charge in [-0.15, -0.1) is 0 Å². The third-order valence-electron chi connectivity index (χ3n) is 4.73. The van der Waals surface area contributed by atoms with Gasteiger partial charge in [0.1, 0.15) is 0 Å². The maximum absolute atomic E-state index is 12.7. The van der Waals surface area contributed by atoms with E-state index >= 15 is 0 Å². The molecule has 0 saturated carbocycles. The summed E-state index contributed by atoms with van der Waals surface area (Å²) >= 11 is 0. The average Bonchev–Trinajstić information content (AvgIpc) is 2.66. The SMILES string of the molecule is CC(NC(=O)N1CCc2ccccc2C1CO)c1ccc(C#N)cc1. The Bertz CT molecular complexity index is 795. The normalized spacial score (nSPS) is 17.3. The van der Waals surface area contributed by atoms with Gasteiger partial charge in [-0.1, -0.05) is 36.4 Å². The van der Waals surface area contributed by atoms with Crippen LogP contribution in [0.15, 0.2) is 48.5 Å². The second kappa shape index (κ2) is 7.37. The molecule has 0 aliphatic carbocycles. The number of aliphatic hydroxyl groups excluding tert-OH is 1. The van der Waals surface area contributed by atoms with E-state index in [1.807, 2.05) is 43.3 Å². The van der Waals surface area contributed by atoms with Gasteiger partial charge in [0.2, 0.25) is 0 Å². The number of nitriles is 1. The molecule has 0 radical (unpaired) electrons. The van der Waals surface area contributed by atoms with Crippen molar-refractivity contribution in [3.63, 3.8) is 0 Å². The molecule has 0 aromatic heterocycles. The van der Waals surface area contributed by atoms with E-state index in [1.165, 1.54) is 5.56 Å². The molecule has 1 aliphatic heterocycles. The van der Waals surface area contributed by atoms with Gasteiger partial charge in [-0.2, -0.15) is 5.26 Å². The molecule has 0 spiro atoms. The van der Waals surface area contributed by atoms with Crippen LogP contribution in [0.2, 0.25) is 0 Å². The molecular weight excluding hydrogens is 314 g/mol. The lowest BCUT2D eigenvalue weighted by Crippen LogP contribution is -2.47. The summed E-state index contributed by atoms with van der Waals surface area (Å²) in [5, 5.41) is 21.7. The topological polar surface area (TPSA) is 76.4 Å².